The largest absolute Gasteiger partial charge is 0.383 e. The second kappa shape index (κ2) is 11.7. The van der Waals surface area contributed by atoms with Gasteiger partial charge in [-0.1, -0.05) is 42.6 Å². The predicted octanol–water partition coefficient (Wildman–Crippen LogP) is 3.83. The Balaban J connectivity index is 4.63. The maximum atomic E-state index is 8.79. The third-order valence-electron chi connectivity index (χ3n) is 3.55. The van der Waals surface area contributed by atoms with E-state index < -0.39 is 0 Å². The van der Waals surface area contributed by atoms with Gasteiger partial charge in [-0.15, -0.1) is 0 Å². The SMILES string of the molecule is CCCC(CBr)(CCC)CN(CCC#N)CCOC. The van der Waals surface area contributed by atoms with Gasteiger partial charge in [0, 0.05) is 38.5 Å². The zero-order valence-corrected chi connectivity index (χ0v) is 14.3. The Morgan fingerprint density at radius 1 is 1.21 bits per heavy atom. The van der Waals surface area contributed by atoms with E-state index in [1.165, 1.54) is 25.7 Å². The molecule has 3 nitrogen and oxygen atoms in total. The average molecular weight is 333 g/mol. The van der Waals surface area contributed by atoms with Crippen LogP contribution in [0.15, 0.2) is 0 Å². The first-order chi connectivity index (χ1) is 9.17. The van der Waals surface area contributed by atoms with Crippen LogP contribution >= 0.6 is 15.9 Å². The van der Waals surface area contributed by atoms with Crippen molar-refractivity contribution < 1.29 is 4.74 Å². The number of halogens is 1. The molecule has 0 N–H and O–H groups in total. The van der Waals surface area contributed by atoms with Crippen molar-refractivity contribution in [2.24, 2.45) is 5.41 Å². The predicted molar refractivity (Wildman–Crippen MR) is 84.6 cm³/mol. The van der Waals surface area contributed by atoms with Gasteiger partial charge in [0.15, 0.2) is 0 Å². The summed E-state index contributed by atoms with van der Waals surface area (Å²) in [5.41, 5.74) is 0.340. The number of hydrogen-bond donors (Lipinski definition) is 0. The lowest BCUT2D eigenvalue weighted by Gasteiger charge is -2.37. The summed E-state index contributed by atoms with van der Waals surface area (Å²) in [6.45, 7) is 8.07. The molecule has 112 valence electrons. The van der Waals surface area contributed by atoms with Crippen LogP contribution in [0.25, 0.3) is 0 Å². The topological polar surface area (TPSA) is 36.3 Å². The van der Waals surface area contributed by atoms with E-state index in [-0.39, 0.29) is 0 Å². The highest BCUT2D eigenvalue weighted by Crippen LogP contribution is 2.33. The van der Waals surface area contributed by atoms with Crippen LogP contribution in [0.5, 0.6) is 0 Å². The number of alkyl halides is 1. The van der Waals surface area contributed by atoms with Crippen molar-refractivity contribution in [2.75, 3.05) is 38.7 Å². The highest BCUT2D eigenvalue weighted by atomic mass is 79.9. The minimum Gasteiger partial charge on any atom is -0.383 e. The molecule has 0 amide bonds. The summed E-state index contributed by atoms with van der Waals surface area (Å²) in [6.07, 6.45) is 5.49. The van der Waals surface area contributed by atoms with Gasteiger partial charge in [-0.05, 0) is 18.3 Å². The average Bonchev–Trinajstić information content (AvgIpc) is 2.42. The van der Waals surface area contributed by atoms with E-state index in [4.69, 9.17) is 10.00 Å². The van der Waals surface area contributed by atoms with E-state index in [9.17, 15) is 0 Å². The molecule has 0 heterocycles. The third-order valence-corrected chi connectivity index (χ3v) is 4.74. The number of nitriles is 1. The summed E-state index contributed by atoms with van der Waals surface area (Å²) in [7, 11) is 1.73. The van der Waals surface area contributed by atoms with Gasteiger partial charge in [-0.25, -0.2) is 0 Å². The molecule has 0 aromatic rings. The summed E-state index contributed by atoms with van der Waals surface area (Å²) in [5, 5.41) is 9.83. The summed E-state index contributed by atoms with van der Waals surface area (Å²) < 4.78 is 5.18. The van der Waals surface area contributed by atoms with Gasteiger partial charge in [0.25, 0.3) is 0 Å². The molecule has 0 unspecified atom stereocenters. The molecule has 0 aliphatic heterocycles. The molecule has 0 atom stereocenters. The van der Waals surface area contributed by atoms with Crippen molar-refractivity contribution in [3.05, 3.63) is 0 Å². The fraction of sp³-hybridized carbons (Fsp3) is 0.933. The Bertz CT molecular complexity index is 247. The second-order valence-electron chi connectivity index (χ2n) is 5.31. The van der Waals surface area contributed by atoms with E-state index in [2.05, 4.69) is 40.7 Å². The molecule has 0 aromatic heterocycles. The lowest BCUT2D eigenvalue weighted by molar-refractivity contribution is 0.106. The van der Waals surface area contributed by atoms with Gasteiger partial charge in [-0.3, -0.25) is 4.90 Å². The molecule has 0 saturated carbocycles. The standard InChI is InChI=1S/C15H29BrN2O/c1-4-7-15(13-16,8-5-2)14-18(10-6-9-17)11-12-19-3/h4-8,10-14H2,1-3H3. The van der Waals surface area contributed by atoms with Crippen LogP contribution in [0.2, 0.25) is 0 Å². The molecule has 0 bridgehead atoms. The molecule has 0 aliphatic carbocycles. The molecule has 0 fully saturated rings. The van der Waals surface area contributed by atoms with E-state index in [0.717, 1.165) is 31.6 Å². The Morgan fingerprint density at radius 2 is 1.84 bits per heavy atom. The molecule has 0 aliphatic rings. The second-order valence-corrected chi connectivity index (χ2v) is 5.87. The lowest BCUT2D eigenvalue weighted by atomic mass is 9.80. The molecule has 4 heteroatoms. The maximum Gasteiger partial charge on any atom is 0.0635 e. The zero-order valence-electron chi connectivity index (χ0n) is 12.8. The van der Waals surface area contributed by atoms with Crippen LogP contribution in [0.3, 0.4) is 0 Å². The Morgan fingerprint density at radius 3 is 2.26 bits per heavy atom. The summed E-state index contributed by atoms with van der Waals surface area (Å²) in [6, 6.07) is 2.25. The molecular weight excluding hydrogens is 304 g/mol. The van der Waals surface area contributed by atoms with Crippen molar-refractivity contribution in [2.45, 2.75) is 46.0 Å². The number of rotatable bonds is 12. The van der Waals surface area contributed by atoms with Crippen molar-refractivity contribution in [3.8, 4) is 6.07 Å². The third kappa shape index (κ3) is 7.91. The number of hydrogen-bond acceptors (Lipinski definition) is 3. The minimum atomic E-state index is 0.340. The van der Waals surface area contributed by atoms with Gasteiger partial charge in [0.05, 0.1) is 12.7 Å². The van der Waals surface area contributed by atoms with Crippen LogP contribution in [0.1, 0.15) is 46.0 Å². The van der Waals surface area contributed by atoms with Gasteiger partial charge in [-0.2, -0.15) is 5.26 Å². The van der Waals surface area contributed by atoms with Gasteiger partial charge >= 0.3 is 0 Å². The van der Waals surface area contributed by atoms with Crippen molar-refractivity contribution in [3.63, 3.8) is 0 Å². The monoisotopic (exact) mass is 332 g/mol. The van der Waals surface area contributed by atoms with Crippen LogP contribution in [0.4, 0.5) is 0 Å². The quantitative estimate of drug-likeness (QED) is 0.509. The fourth-order valence-corrected chi connectivity index (χ4v) is 3.43. The molecule has 19 heavy (non-hydrogen) atoms. The summed E-state index contributed by atoms with van der Waals surface area (Å²) in [4.78, 5) is 2.39. The first-order valence-electron chi connectivity index (χ1n) is 7.32. The van der Waals surface area contributed by atoms with E-state index >= 15 is 0 Å². The Labute approximate surface area is 127 Å². The van der Waals surface area contributed by atoms with Gasteiger partial charge in [0.2, 0.25) is 0 Å². The van der Waals surface area contributed by atoms with Gasteiger partial charge in [0.1, 0.15) is 0 Å². The fourth-order valence-electron chi connectivity index (χ4n) is 2.69. The molecule has 0 aromatic carbocycles. The highest BCUT2D eigenvalue weighted by molar-refractivity contribution is 9.09. The molecular formula is C15H29BrN2O. The van der Waals surface area contributed by atoms with Crippen molar-refractivity contribution in [1.29, 1.82) is 5.26 Å². The van der Waals surface area contributed by atoms with Gasteiger partial charge < -0.3 is 4.74 Å². The summed E-state index contributed by atoms with van der Waals surface area (Å²) >= 11 is 3.72. The molecule has 0 rings (SSSR count). The number of ether oxygens (including phenoxy) is 1. The number of methoxy groups -OCH3 is 1. The first kappa shape index (κ1) is 18.9. The minimum absolute atomic E-state index is 0.340. The Kier molecular flexibility index (Phi) is 11.6. The van der Waals surface area contributed by atoms with Crippen LogP contribution in [-0.2, 0) is 4.74 Å². The molecule has 0 saturated heterocycles. The Hall–Kier alpha value is -0.110. The van der Waals surface area contributed by atoms with E-state index in [0.29, 0.717) is 11.8 Å². The molecule has 0 radical (unpaired) electrons. The number of nitrogens with zero attached hydrogens (tertiary/aromatic N) is 2. The maximum absolute atomic E-state index is 8.79. The smallest absolute Gasteiger partial charge is 0.0635 e. The lowest BCUT2D eigenvalue weighted by Crippen LogP contribution is -2.41. The normalized spacial score (nSPS) is 11.8. The van der Waals surface area contributed by atoms with Crippen LogP contribution in [-0.4, -0.2) is 43.6 Å². The highest BCUT2D eigenvalue weighted by Gasteiger charge is 2.29. The van der Waals surface area contributed by atoms with Crippen molar-refractivity contribution >= 4 is 15.9 Å². The van der Waals surface area contributed by atoms with E-state index in [1.54, 1.807) is 7.11 Å². The summed E-state index contributed by atoms with van der Waals surface area (Å²) in [5.74, 6) is 0. The van der Waals surface area contributed by atoms with Crippen molar-refractivity contribution in [1.82, 2.24) is 4.90 Å². The van der Waals surface area contributed by atoms with Crippen LogP contribution in [0, 0.1) is 16.7 Å². The van der Waals surface area contributed by atoms with E-state index in [1.807, 2.05) is 0 Å². The zero-order chi connectivity index (χ0) is 14.6. The molecule has 0 spiro atoms. The first-order valence-corrected chi connectivity index (χ1v) is 8.44. The van der Waals surface area contributed by atoms with Crippen LogP contribution < -0.4 is 0 Å².